The standard InChI is InChI=1S/C7H6Br3N/c8-2-5-1-7(10)11-4-6(5)3-9/h1,4H,2-3H2. The van der Waals surface area contributed by atoms with Crippen LogP contribution in [0.2, 0.25) is 0 Å². The van der Waals surface area contributed by atoms with Gasteiger partial charge < -0.3 is 0 Å². The van der Waals surface area contributed by atoms with Crippen LogP contribution in [0.1, 0.15) is 11.1 Å². The van der Waals surface area contributed by atoms with Gasteiger partial charge in [0, 0.05) is 16.9 Å². The zero-order valence-electron chi connectivity index (χ0n) is 5.65. The highest BCUT2D eigenvalue weighted by atomic mass is 79.9. The summed E-state index contributed by atoms with van der Waals surface area (Å²) >= 11 is 10.1. The largest absolute Gasteiger partial charge is 0.249 e. The van der Waals surface area contributed by atoms with E-state index in [1.54, 1.807) is 0 Å². The summed E-state index contributed by atoms with van der Waals surface area (Å²) in [6.45, 7) is 0. The predicted molar refractivity (Wildman–Crippen MR) is 57.2 cm³/mol. The summed E-state index contributed by atoms with van der Waals surface area (Å²) in [5, 5.41) is 1.73. The van der Waals surface area contributed by atoms with Gasteiger partial charge in [-0.2, -0.15) is 0 Å². The Balaban J connectivity index is 3.06. The average molecular weight is 344 g/mol. The van der Waals surface area contributed by atoms with Crippen LogP contribution < -0.4 is 0 Å². The maximum Gasteiger partial charge on any atom is 0.106 e. The molecule has 0 saturated carbocycles. The van der Waals surface area contributed by atoms with E-state index in [2.05, 4.69) is 52.8 Å². The quantitative estimate of drug-likeness (QED) is 0.590. The number of hydrogen-bond donors (Lipinski definition) is 0. The first-order chi connectivity index (χ1) is 5.27. The minimum atomic E-state index is 0.855. The van der Waals surface area contributed by atoms with Gasteiger partial charge in [-0.3, -0.25) is 0 Å². The van der Waals surface area contributed by atoms with Crippen molar-refractivity contribution in [1.29, 1.82) is 0 Å². The number of nitrogens with zero attached hydrogens (tertiary/aromatic N) is 1. The molecular formula is C7H6Br3N. The lowest BCUT2D eigenvalue weighted by molar-refractivity contribution is 1.17. The van der Waals surface area contributed by atoms with Crippen LogP contribution in [0.3, 0.4) is 0 Å². The lowest BCUT2D eigenvalue weighted by Gasteiger charge is -2.02. The molecule has 0 bridgehead atoms. The van der Waals surface area contributed by atoms with E-state index in [-0.39, 0.29) is 0 Å². The van der Waals surface area contributed by atoms with Gasteiger partial charge in [-0.25, -0.2) is 4.98 Å². The van der Waals surface area contributed by atoms with Crippen molar-refractivity contribution in [2.24, 2.45) is 0 Å². The molecule has 1 rings (SSSR count). The number of hydrogen-bond acceptors (Lipinski definition) is 1. The zero-order valence-corrected chi connectivity index (χ0v) is 10.4. The molecule has 60 valence electrons. The van der Waals surface area contributed by atoms with Crippen molar-refractivity contribution >= 4 is 47.8 Å². The monoisotopic (exact) mass is 341 g/mol. The third-order valence-corrected chi connectivity index (χ3v) is 2.98. The average Bonchev–Trinajstić information content (AvgIpc) is 2.04. The van der Waals surface area contributed by atoms with E-state index in [1.807, 2.05) is 12.3 Å². The van der Waals surface area contributed by atoms with E-state index in [4.69, 9.17) is 0 Å². The molecule has 1 aromatic rings. The van der Waals surface area contributed by atoms with Crippen LogP contribution in [-0.2, 0) is 10.7 Å². The number of aromatic nitrogens is 1. The van der Waals surface area contributed by atoms with Gasteiger partial charge in [0.15, 0.2) is 0 Å². The highest BCUT2D eigenvalue weighted by molar-refractivity contribution is 9.10. The highest BCUT2D eigenvalue weighted by Crippen LogP contribution is 2.18. The molecule has 0 spiro atoms. The molecule has 0 fully saturated rings. The van der Waals surface area contributed by atoms with Crippen LogP contribution in [0.4, 0.5) is 0 Å². The van der Waals surface area contributed by atoms with Crippen molar-refractivity contribution in [3.8, 4) is 0 Å². The fourth-order valence-corrected chi connectivity index (χ4v) is 2.15. The Hall–Kier alpha value is 0.590. The molecule has 0 aliphatic rings. The Kier molecular flexibility index (Phi) is 4.02. The predicted octanol–water partition coefficient (Wildman–Crippen LogP) is 3.63. The van der Waals surface area contributed by atoms with Gasteiger partial charge in [0.25, 0.3) is 0 Å². The van der Waals surface area contributed by atoms with E-state index in [9.17, 15) is 0 Å². The Morgan fingerprint density at radius 1 is 1.18 bits per heavy atom. The van der Waals surface area contributed by atoms with E-state index in [0.29, 0.717) is 0 Å². The molecule has 1 heterocycles. The molecule has 4 heteroatoms. The van der Waals surface area contributed by atoms with Crippen molar-refractivity contribution in [3.63, 3.8) is 0 Å². The maximum atomic E-state index is 4.12. The topological polar surface area (TPSA) is 12.9 Å². The Morgan fingerprint density at radius 3 is 2.36 bits per heavy atom. The summed E-state index contributed by atoms with van der Waals surface area (Å²) in [4.78, 5) is 4.12. The molecule has 0 unspecified atom stereocenters. The molecule has 0 aromatic carbocycles. The molecule has 0 aliphatic heterocycles. The lowest BCUT2D eigenvalue weighted by Crippen LogP contribution is -1.89. The first-order valence-corrected chi connectivity index (χ1v) is 6.06. The molecule has 11 heavy (non-hydrogen) atoms. The van der Waals surface area contributed by atoms with Gasteiger partial charge >= 0.3 is 0 Å². The van der Waals surface area contributed by atoms with Crippen LogP contribution in [0.25, 0.3) is 0 Å². The fourth-order valence-electron chi connectivity index (χ4n) is 0.741. The van der Waals surface area contributed by atoms with Crippen LogP contribution in [0.15, 0.2) is 16.9 Å². The Morgan fingerprint density at radius 2 is 1.82 bits per heavy atom. The molecule has 0 aliphatic carbocycles. The van der Waals surface area contributed by atoms with E-state index in [0.717, 1.165) is 15.3 Å². The van der Waals surface area contributed by atoms with Crippen LogP contribution in [-0.4, -0.2) is 4.98 Å². The summed E-state index contributed by atoms with van der Waals surface area (Å²) in [5.41, 5.74) is 2.49. The van der Waals surface area contributed by atoms with Gasteiger partial charge in [0.2, 0.25) is 0 Å². The number of alkyl halides is 2. The minimum Gasteiger partial charge on any atom is -0.249 e. The van der Waals surface area contributed by atoms with Gasteiger partial charge in [0.05, 0.1) is 0 Å². The lowest BCUT2D eigenvalue weighted by atomic mass is 10.2. The molecule has 0 atom stereocenters. The van der Waals surface area contributed by atoms with Gasteiger partial charge in [-0.15, -0.1) is 0 Å². The Labute approximate surface area is 91.0 Å². The SMILES string of the molecule is BrCc1cnc(Br)cc1CBr. The van der Waals surface area contributed by atoms with Gasteiger partial charge in [-0.1, -0.05) is 31.9 Å². The van der Waals surface area contributed by atoms with Crippen LogP contribution in [0, 0.1) is 0 Å². The second-order valence-corrected chi connectivity index (χ2v) is 3.98. The third-order valence-electron chi connectivity index (χ3n) is 1.34. The van der Waals surface area contributed by atoms with E-state index in [1.165, 1.54) is 11.1 Å². The molecule has 0 radical (unpaired) electrons. The molecular weight excluding hydrogens is 338 g/mol. The van der Waals surface area contributed by atoms with Crippen molar-refractivity contribution < 1.29 is 0 Å². The highest BCUT2D eigenvalue weighted by Gasteiger charge is 2.00. The van der Waals surface area contributed by atoms with Gasteiger partial charge in [0.1, 0.15) is 4.60 Å². The smallest absolute Gasteiger partial charge is 0.106 e. The summed E-state index contributed by atoms with van der Waals surface area (Å²) < 4.78 is 0.886. The molecule has 1 aromatic heterocycles. The zero-order chi connectivity index (χ0) is 8.27. The van der Waals surface area contributed by atoms with Crippen LogP contribution in [0.5, 0.6) is 0 Å². The van der Waals surface area contributed by atoms with E-state index < -0.39 is 0 Å². The van der Waals surface area contributed by atoms with Crippen molar-refractivity contribution in [3.05, 3.63) is 28.0 Å². The summed E-state index contributed by atoms with van der Waals surface area (Å²) in [7, 11) is 0. The molecule has 0 N–H and O–H groups in total. The van der Waals surface area contributed by atoms with Crippen LogP contribution >= 0.6 is 47.8 Å². The van der Waals surface area contributed by atoms with Gasteiger partial charge in [-0.05, 0) is 33.1 Å². The van der Waals surface area contributed by atoms with Crippen molar-refractivity contribution in [1.82, 2.24) is 4.98 Å². The normalized spacial score (nSPS) is 10.1. The fraction of sp³-hybridized carbons (Fsp3) is 0.286. The summed E-state index contributed by atoms with van der Waals surface area (Å²) in [5.74, 6) is 0. The molecule has 0 saturated heterocycles. The van der Waals surface area contributed by atoms with E-state index >= 15 is 0 Å². The molecule has 0 amide bonds. The Bertz CT molecular complexity index is 249. The first-order valence-electron chi connectivity index (χ1n) is 3.03. The number of rotatable bonds is 2. The maximum absolute atomic E-state index is 4.12. The summed E-state index contributed by atoms with van der Waals surface area (Å²) in [6, 6.07) is 2.02. The second-order valence-electron chi connectivity index (χ2n) is 2.04. The molecule has 1 nitrogen and oxygen atoms in total. The number of halogens is 3. The third kappa shape index (κ3) is 2.53. The van der Waals surface area contributed by atoms with Crippen molar-refractivity contribution in [2.45, 2.75) is 10.7 Å². The number of pyridine rings is 1. The first kappa shape index (κ1) is 9.68. The minimum absolute atomic E-state index is 0.855. The summed E-state index contributed by atoms with van der Waals surface area (Å²) in [6.07, 6.45) is 1.87. The van der Waals surface area contributed by atoms with Crippen molar-refractivity contribution in [2.75, 3.05) is 0 Å². The second kappa shape index (κ2) is 4.58.